The van der Waals surface area contributed by atoms with Gasteiger partial charge in [0.25, 0.3) is 0 Å². The number of aliphatic carboxylic acids is 1. The first kappa shape index (κ1) is 17.1. The Balaban J connectivity index is 2.40. The second-order valence-electron chi connectivity index (χ2n) is 3.72. The number of pyridine rings is 1. The van der Waals surface area contributed by atoms with Crippen molar-refractivity contribution in [3.8, 4) is 5.88 Å². The molecule has 0 aliphatic heterocycles. The van der Waals surface area contributed by atoms with E-state index in [0.717, 1.165) is 18.0 Å². The van der Waals surface area contributed by atoms with Gasteiger partial charge < -0.3 is 15.2 Å². The number of carboxylic acids is 1. The fourth-order valence-electron chi connectivity index (χ4n) is 1.12. The van der Waals surface area contributed by atoms with Crippen LogP contribution in [0.5, 0.6) is 5.88 Å². The average molecular weight is 324 g/mol. The Morgan fingerprint density at radius 3 is 2.57 bits per heavy atom. The third-order valence-corrected chi connectivity index (χ3v) is 2.78. The number of rotatable bonds is 7. The summed E-state index contributed by atoms with van der Waals surface area (Å²) in [7, 11) is 0. The fourth-order valence-corrected chi connectivity index (χ4v) is 1.66. The van der Waals surface area contributed by atoms with Crippen LogP contribution in [0.4, 0.5) is 18.9 Å². The first-order chi connectivity index (χ1) is 9.76. The normalized spacial score (nSPS) is 11.0. The molecule has 1 amide bonds. The van der Waals surface area contributed by atoms with E-state index < -0.39 is 24.7 Å². The molecule has 0 aliphatic carbocycles. The molecule has 10 heteroatoms. The van der Waals surface area contributed by atoms with Crippen LogP contribution in [0, 0.1) is 0 Å². The molecule has 21 heavy (non-hydrogen) atoms. The highest BCUT2D eigenvalue weighted by Crippen LogP contribution is 2.18. The standard InChI is InChI=1S/C11H11F3N2O4S/c12-11(13,14)6-20-9-2-1-7(3-15-9)16-8(17)4-21-5-10(18)19/h1-3H,4-6H2,(H,16,17)(H,18,19). The van der Waals surface area contributed by atoms with Crippen molar-refractivity contribution in [1.82, 2.24) is 4.98 Å². The molecule has 116 valence electrons. The van der Waals surface area contributed by atoms with Crippen molar-refractivity contribution in [2.45, 2.75) is 6.18 Å². The summed E-state index contributed by atoms with van der Waals surface area (Å²) in [6.07, 6.45) is -3.30. The maximum atomic E-state index is 11.9. The Morgan fingerprint density at radius 2 is 2.05 bits per heavy atom. The quantitative estimate of drug-likeness (QED) is 0.795. The molecule has 0 aliphatic rings. The predicted octanol–water partition coefficient (Wildman–Crippen LogP) is 1.78. The number of aromatic nitrogens is 1. The van der Waals surface area contributed by atoms with Crippen LogP contribution in [-0.4, -0.2) is 46.3 Å². The van der Waals surface area contributed by atoms with Gasteiger partial charge in [0, 0.05) is 6.07 Å². The Bertz CT molecular complexity index is 493. The maximum Gasteiger partial charge on any atom is 0.422 e. The molecule has 1 aromatic rings. The lowest BCUT2D eigenvalue weighted by atomic mass is 10.4. The molecular weight excluding hydrogens is 313 g/mol. The number of nitrogens with zero attached hydrogens (tertiary/aromatic N) is 1. The number of carboxylic acid groups (broad SMARTS) is 1. The van der Waals surface area contributed by atoms with Gasteiger partial charge in [0.05, 0.1) is 23.4 Å². The summed E-state index contributed by atoms with van der Waals surface area (Å²) in [5.41, 5.74) is 0.273. The highest BCUT2D eigenvalue weighted by molar-refractivity contribution is 8.00. The molecular formula is C11H11F3N2O4S. The van der Waals surface area contributed by atoms with Crippen molar-refractivity contribution in [1.29, 1.82) is 0 Å². The fraction of sp³-hybridized carbons (Fsp3) is 0.364. The predicted molar refractivity (Wildman–Crippen MR) is 69.4 cm³/mol. The molecule has 0 radical (unpaired) electrons. The molecule has 0 bridgehead atoms. The number of halogens is 3. The van der Waals surface area contributed by atoms with E-state index in [1.54, 1.807) is 0 Å². The van der Waals surface area contributed by atoms with E-state index in [1.807, 2.05) is 0 Å². The number of thioether (sulfide) groups is 1. The van der Waals surface area contributed by atoms with E-state index >= 15 is 0 Å². The van der Waals surface area contributed by atoms with E-state index in [1.165, 1.54) is 12.1 Å². The van der Waals surface area contributed by atoms with Crippen molar-refractivity contribution in [3.05, 3.63) is 18.3 Å². The first-order valence-corrected chi connectivity index (χ1v) is 6.67. The van der Waals surface area contributed by atoms with Gasteiger partial charge in [-0.3, -0.25) is 9.59 Å². The molecule has 1 rings (SSSR count). The smallest absolute Gasteiger partial charge is 0.422 e. The van der Waals surface area contributed by atoms with E-state index in [-0.39, 0.29) is 23.1 Å². The van der Waals surface area contributed by atoms with Gasteiger partial charge in [0.15, 0.2) is 6.61 Å². The summed E-state index contributed by atoms with van der Waals surface area (Å²) < 4.78 is 40.1. The van der Waals surface area contributed by atoms with Crippen molar-refractivity contribution < 1.29 is 32.6 Å². The summed E-state index contributed by atoms with van der Waals surface area (Å²) in [5, 5.41) is 10.8. The van der Waals surface area contributed by atoms with Gasteiger partial charge in [-0.2, -0.15) is 13.2 Å². The lowest BCUT2D eigenvalue weighted by molar-refractivity contribution is -0.154. The van der Waals surface area contributed by atoms with Crippen LogP contribution in [0.1, 0.15) is 0 Å². The number of ether oxygens (including phenoxy) is 1. The zero-order valence-electron chi connectivity index (χ0n) is 10.5. The third kappa shape index (κ3) is 8.02. The van der Waals surface area contributed by atoms with Gasteiger partial charge in [0.1, 0.15) is 0 Å². The molecule has 0 spiro atoms. The van der Waals surface area contributed by atoms with Gasteiger partial charge in [-0.05, 0) is 6.07 Å². The minimum absolute atomic E-state index is 0.0569. The number of alkyl halides is 3. The van der Waals surface area contributed by atoms with Crippen molar-refractivity contribution >= 4 is 29.3 Å². The van der Waals surface area contributed by atoms with E-state index in [2.05, 4.69) is 15.0 Å². The minimum Gasteiger partial charge on any atom is -0.481 e. The Hall–Kier alpha value is -1.97. The largest absolute Gasteiger partial charge is 0.481 e. The van der Waals surface area contributed by atoms with Crippen LogP contribution in [0.25, 0.3) is 0 Å². The number of carbonyl (C=O) groups excluding carboxylic acids is 1. The summed E-state index contributed by atoms with van der Waals surface area (Å²) in [6, 6.07) is 2.52. The average Bonchev–Trinajstić information content (AvgIpc) is 2.36. The van der Waals surface area contributed by atoms with E-state index in [4.69, 9.17) is 5.11 Å². The molecule has 0 fully saturated rings. The van der Waals surface area contributed by atoms with Gasteiger partial charge >= 0.3 is 12.1 Å². The van der Waals surface area contributed by atoms with Gasteiger partial charge in [-0.25, -0.2) is 4.98 Å². The number of anilines is 1. The molecule has 1 heterocycles. The monoisotopic (exact) mass is 324 g/mol. The summed E-state index contributed by atoms with van der Waals surface area (Å²) in [4.78, 5) is 25.3. The van der Waals surface area contributed by atoms with Crippen LogP contribution in [-0.2, 0) is 9.59 Å². The maximum absolute atomic E-state index is 11.9. The first-order valence-electron chi connectivity index (χ1n) is 5.51. The molecule has 0 saturated heterocycles. The number of hydrogen-bond donors (Lipinski definition) is 2. The minimum atomic E-state index is -4.45. The highest BCUT2D eigenvalue weighted by atomic mass is 32.2. The van der Waals surface area contributed by atoms with Crippen molar-refractivity contribution in [2.75, 3.05) is 23.4 Å². The summed E-state index contributed by atoms with van der Waals surface area (Å²) in [5.74, 6) is -1.94. The summed E-state index contributed by atoms with van der Waals surface area (Å²) >= 11 is 0.921. The van der Waals surface area contributed by atoms with Crippen LogP contribution in [0.15, 0.2) is 18.3 Å². The van der Waals surface area contributed by atoms with Crippen LogP contribution in [0.3, 0.4) is 0 Å². The van der Waals surface area contributed by atoms with Crippen molar-refractivity contribution in [3.63, 3.8) is 0 Å². The number of hydrogen-bond acceptors (Lipinski definition) is 5. The second-order valence-corrected chi connectivity index (χ2v) is 4.71. The lowest BCUT2D eigenvalue weighted by Crippen LogP contribution is -2.19. The second kappa shape index (κ2) is 7.72. The third-order valence-electron chi connectivity index (χ3n) is 1.86. The topological polar surface area (TPSA) is 88.5 Å². The number of nitrogens with one attached hydrogen (secondary N) is 1. The molecule has 2 N–H and O–H groups in total. The SMILES string of the molecule is O=C(O)CSCC(=O)Nc1ccc(OCC(F)(F)F)nc1. The van der Waals surface area contributed by atoms with Crippen molar-refractivity contribution in [2.24, 2.45) is 0 Å². The molecule has 0 atom stereocenters. The Labute approximate surface area is 121 Å². The molecule has 0 aromatic carbocycles. The zero-order valence-corrected chi connectivity index (χ0v) is 11.3. The molecule has 1 aromatic heterocycles. The number of carbonyl (C=O) groups is 2. The van der Waals surface area contributed by atoms with E-state index in [9.17, 15) is 22.8 Å². The van der Waals surface area contributed by atoms with E-state index in [0.29, 0.717) is 0 Å². The number of amides is 1. The van der Waals surface area contributed by atoms with Gasteiger partial charge in [0.2, 0.25) is 11.8 Å². The highest BCUT2D eigenvalue weighted by Gasteiger charge is 2.28. The Morgan fingerprint density at radius 1 is 1.33 bits per heavy atom. The molecule has 0 unspecified atom stereocenters. The molecule has 6 nitrogen and oxygen atoms in total. The van der Waals surface area contributed by atoms with Gasteiger partial charge in [-0.15, -0.1) is 11.8 Å². The summed E-state index contributed by atoms with van der Waals surface area (Å²) in [6.45, 7) is -1.45. The van der Waals surface area contributed by atoms with Crippen LogP contribution >= 0.6 is 11.8 Å². The Kier molecular flexibility index (Phi) is 6.28. The van der Waals surface area contributed by atoms with Gasteiger partial charge in [-0.1, -0.05) is 0 Å². The van der Waals surface area contributed by atoms with Crippen LogP contribution < -0.4 is 10.1 Å². The molecule has 0 saturated carbocycles. The zero-order chi connectivity index (χ0) is 15.9. The van der Waals surface area contributed by atoms with Crippen LogP contribution in [0.2, 0.25) is 0 Å². The lowest BCUT2D eigenvalue weighted by Gasteiger charge is -2.09.